The molecule has 0 saturated carbocycles. The third-order valence-corrected chi connectivity index (χ3v) is 5.77. The highest BCUT2D eigenvalue weighted by molar-refractivity contribution is 7.92. The summed E-state index contributed by atoms with van der Waals surface area (Å²) in [5, 5.41) is 2.84. The van der Waals surface area contributed by atoms with E-state index in [0.29, 0.717) is 24.5 Å². The zero-order valence-corrected chi connectivity index (χ0v) is 17.1. The minimum Gasteiger partial charge on any atom is -0.476 e. The number of likely N-dealkylation sites (N-methyl/N-ethyl adjacent to an activating group) is 1. The molecule has 7 nitrogen and oxygen atoms in total. The molecule has 0 saturated heterocycles. The van der Waals surface area contributed by atoms with Crippen molar-refractivity contribution in [2.24, 2.45) is 0 Å². The maximum absolute atomic E-state index is 12.6. The molecule has 1 unspecified atom stereocenters. The quantitative estimate of drug-likeness (QED) is 0.795. The lowest BCUT2D eigenvalue weighted by Crippen LogP contribution is -2.51. The third kappa shape index (κ3) is 4.56. The van der Waals surface area contributed by atoms with Gasteiger partial charge in [-0.05, 0) is 36.8 Å². The molecular formula is C20H25N3O4S. The van der Waals surface area contributed by atoms with E-state index >= 15 is 0 Å². The molecule has 0 aliphatic carbocycles. The Balaban J connectivity index is 1.65. The van der Waals surface area contributed by atoms with Crippen molar-refractivity contribution >= 4 is 27.3 Å². The number of fused-ring (bicyclic) bond motifs is 1. The van der Waals surface area contributed by atoms with Crippen LogP contribution < -0.4 is 19.3 Å². The normalized spacial score (nSPS) is 16.1. The second-order valence-electron chi connectivity index (χ2n) is 6.92. The minimum absolute atomic E-state index is 0.0460. The van der Waals surface area contributed by atoms with Gasteiger partial charge in [0.25, 0.3) is 5.91 Å². The summed E-state index contributed by atoms with van der Waals surface area (Å²) >= 11 is 0. The lowest BCUT2D eigenvalue weighted by molar-refractivity contribution is -0.127. The van der Waals surface area contributed by atoms with Crippen LogP contribution in [-0.4, -0.2) is 53.4 Å². The Morgan fingerprint density at radius 3 is 2.64 bits per heavy atom. The number of para-hydroxylation sites is 1. The van der Waals surface area contributed by atoms with Crippen molar-refractivity contribution in [3.8, 4) is 5.75 Å². The van der Waals surface area contributed by atoms with Crippen LogP contribution in [-0.2, 0) is 14.8 Å². The van der Waals surface area contributed by atoms with Gasteiger partial charge in [-0.2, -0.15) is 0 Å². The molecule has 0 bridgehead atoms. The van der Waals surface area contributed by atoms with E-state index < -0.39 is 16.1 Å². The molecule has 8 heteroatoms. The molecule has 150 valence electrons. The number of benzene rings is 2. The van der Waals surface area contributed by atoms with E-state index in [1.54, 1.807) is 12.1 Å². The van der Waals surface area contributed by atoms with E-state index in [9.17, 15) is 13.2 Å². The van der Waals surface area contributed by atoms with E-state index in [1.165, 1.54) is 4.31 Å². The fraction of sp³-hybridized carbons (Fsp3) is 0.350. The van der Waals surface area contributed by atoms with Gasteiger partial charge in [0, 0.05) is 25.8 Å². The molecule has 1 amide bonds. The second-order valence-corrected chi connectivity index (χ2v) is 8.83. The van der Waals surface area contributed by atoms with Gasteiger partial charge in [-0.1, -0.05) is 24.3 Å². The Morgan fingerprint density at radius 1 is 1.25 bits per heavy atom. The summed E-state index contributed by atoms with van der Waals surface area (Å²) in [6, 6.07) is 15.1. The van der Waals surface area contributed by atoms with Crippen molar-refractivity contribution in [1.82, 2.24) is 5.32 Å². The number of aryl methyl sites for hydroxylation is 1. The number of hydrogen-bond acceptors (Lipinski definition) is 5. The van der Waals surface area contributed by atoms with Crippen LogP contribution in [0.1, 0.15) is 5.56 Å². The molecule has 1 atom stereocenters. The van der Waals surface area contributed by atoms with Gasteiger partial charge in [0.05, 0.1) is 18.5 Å². The number of sulfonamides is 1. The van der Waals surface area contributed by atoms with Crippen LogP contribution in [0.3, 0.4) is 0 Å². The highest BCUT2D eigenvalue weighted by Crippen LogP contribution is 2.35. The Kier molecular flexibility index (Phi) is 5.79. The van der Waals surface area contributed by atoms with Crippen molar-refractivity contribution < 1.29 is 17.9 Å². The average molecular weight is 404 g/mol. The lowest BCUT2D eigenvalue weighted by Gasteiger charge is -2.34. The van der Waals surface area contributed by atoms with Crippen LogP contribution in [0.5, 0.6) is 5.75 Å². The van der Waals surface area contributed by atoms with Crippen molar-refractivity contribution in [3.63, 3.8) is 0 Å². The van der Waals surface area contributed by atoms with Gasteiger partial charge in [-0.3, -0.25) is 9.10 Å². The van der Waals surface area contributed by atoms with Crippen LogP contribution in [0.25, 0.3) is 0 Å². The predicted molar refractivity (Wildman–Crippen MR) is 111 cm³/mol. The molecule has 0 aromatic heterocycles. The number of amides is 1. The zero-order valence-electron chi connectivity index (χ0n) is 16.3. The fourth-order valence-electron chi connectivity index (χ4n) is 3.08. The van der Waals surface area contributed by atoms with E-state index in [-0.39, 0.29) is 12.5 Å². The van der Waals surface area contributed by atoms with Crippen LogP contribution in [0.15, 0.2) is 48.5 Å². The number of rotatable bonds is 6. The SMILES string of the molecule is Cc1ccc2c(c1)N(S(C)(=O)=O)CC(C(=O)NCCN(C)c1ccccc1)O2. The number of hydrogen-bond donors (Lipinski definition) is 1. The number of nitrogens with zero attached hydrogens (tertiary/aromatic N) is 2. The summed E-state index contributed by atoms with van der Waals surface area (Å²) in [7, 11) is -1.58. The molecule has 2 aromatic rings. The van der Waals surface area contributed by atoms with E-state index in [2.05, 4.69) is 5.32 Å². The van der Waals surface area contributed by atoms with E-state index in [4.69, 9.17) is 4.74 Å². The number of nitrogens with one attached hydrogen (secondary N) is 1. The van der Waals surface area contributed by atoms with Gasteiger partial charge in [-0.15, -0.1) is 0 Å². The second kappa shape index (κ2) is 8.10. The maximum atomic E-state index is 12.6. The Hall–Kier alpha value is -2.74. The number of ether oxygens (including phenoxy) is 1. The van der Waals surface area contributed by atoms with Gasteiger partial charge < -0.3 is 15.0 Å². The minimum atomic E-state index is -3.53. The number of carbonyl (C=O) groups is 1. The molecule has 0 radical (unpaired) electrons. The molecule has 0 spiro atoms. The first-order valence-corrected chi connectivity index (χ1v) is 10.9. The van der Waals surface area contributed by atoms with Crippen molar-refractivity contribution in [2.75, 3.05) is 42.1 Å². The summed E-state index contributed by atoms with van der Waals surface area (Å²) in [6.07, 6.45) is 0.237. The number of carbonyl (C=O) groups excluding carboxylic acids is 1. The Labute approximate surface area is 166 Å². The Morgan fingerprint density at radius 2 is 1.96 bits per heavy atom. The highest BCUT2D eigenvalue weighted by Gasteiger charge is 2.34. The van der Waals surface area contributed by atoms with Crippen LogP contribution in [0, 0.1) is 6.92 Å². The summed E-state index contributed by atoms with van der Waals surface area (Å²) in [6.45, 7) is 2.87. The Bertz CT molecular complexity index is 947. The largest absolute Gasteiger partial charge is 0.476 e. The third-order valence-electron chi connectivity index (χ3n) is 4.62. The lowest BCUT2D eigenvalue weighted by atomic mass is 10.1. The first-order chi connectivity index (χ1) is 13.3. The highest BCUT2D eigenvalue weighted by atomic mass is 32.2. The summed E-state index contributed by atoms with van der Waals surface area (Å²) < 4.78 is 31.5. The fourth-order valence-corrected chi connectivity index (χ4v) is 3.99. The first kappa shape index (κ1) is 20.0. The smallest absolute Gasteiger partial charge is 0.263 e. The van der Waals surface area contributed by atoms with Crippen molar-refractivity contribution in [2.45, 2.75) is 13.0 Å². The zero-order chi connectivity index (χ0) is 20.3. The standard InChI is InChI=1S/C20H25N3O4S/c1-15-9-10-18-17(13-15)23(28(3,25)26)14-19(27-18)20(24)21-11-12-22(2)16-7-5-4-6-8-16/h4-10,13,19H,11-12,14H2,1-3H3,(H,21,24). The maximum Gasteiger partial charge on any atom is 0.263 e. The topological polar surface area (TPSA) is 79.0 Å². The van der Waals surface area contributed by atoms with E-state index in [1.807, 2.05) is 55.3 Å². The molecule has 1 aliphatic heterocycles. The van der Waals surface area contributed by atoms with Gasteiger partial charge in [0.2, 0.25) is 10.0 Å². The van der Waals surface area contributed by atoms with Crippen LogP contribution >= 0.6 is 0 Å². The number of anilines is 2. The molecule has 1 heterocycles. The summed E-state index contributed by atoms with van der Waals surface area (Å²) in [4.78, 5) is 14.6. The monoisotopic (exact) mass is 403 g/mol. The molecule has 1 N–H and O–H groups in total. The van der Waals surface area contributed by atoms with Crippen LogP contribution in [0.2, 0.25) is 0 Å². The van der Waals surface area contributed by atoms with Gasteiger partial charge >= 0.3 is 0 Å². The van der Waals surface area contributed by atoms with Gasteiger partial charge in [0.15, 0.2) is 6.10 Å². The van der Waals surface area contributed by atoms with Crippen molar-refractivity contribution in [3.05, 3.63) is 54.1 Å². The average Bonchev–Trinajstić information content (AvgIpc) is 2.66. The molecule has 1 aliphatic rings. The molecule has 0 fully saturated rings. The van der Waals surface area contributed by atoms with Gasteiger partial charge in [-0.25, -0.2) is 8.42 Å². The summed E-state index contributed by atoms with van der Waals surface area (Å²) in [5.74, 6) is 0.0603. The predicted octanol–water partition coefficient (Wildman–Crippen LogP) is 1.77. The molecule has 28 heavy (non-hydrogen) atoms. The molecule has 3 rings (SSSR count). The van der Waals surface area contributed by atoms with E-state index in [0.717, 1.165) is 17.5 Å². The van der Waals surface area contributed by atoms with Gasteiger partial charge in [0.1, 0.15) is 5.75 Å². The van der Waals surface area contributed by atoms with Crippen molar-refractivity contribution in [1.29, 1.82) is 0 Å². The first-order valence-electron chi connectivity index (χ1n) is 9.04. The molecular weight excluding hydrogens is 378 g/mol. The molecule has 2 aromatic carbocycles. The van der Waals surface area contributed by atoms with Crippen LogP contribution in [0.4, 0.5) is 11.4 Å². The summed E-state index contributed by atoms with van der Waals surface area (Å²) in [5.41, 5.74) is 2.44.